The number of piperidine rings is 1. The monoisotopic (exact) mass is 377 g/mol. The van der Waals surface area contributed by atoms with Crippen molar-refractivity contribution in [3.8, 4) is 0 Å². The van der Waals surface area contributed by atoms with Crippen molar-refractivity contribution < 1.29 is 4.79 Å². The van der Waals surface area contributed by atoms with Crippen LogP contribution < -0.4 is 10.2 Å². The van der Waals surface area contributed by atoms with Gasteiger partial charge in [0, 0.05) is 60.0 Å². The highest BCUT2D eigenvalue weighted by Crippen LogP contribution is 2.24. The Morgan fingerprint density at radius 1 is 1.29 bits per heavy atom. The highest BCUT2D eigenvalue weighted by Gasteiger charge is 2.25. The molecule has 1 aliphatic heterocycles. The third-order valence-electron chi connectivity index (χ3n) is 5.46. The van der Waals surface area contributed by atoms with Crippen LogP contribution in [0.25, 0.3) is 10.9 Å². The van der Waals surface area contributed by atoms with E-state index in [9.17, 15) is 4.79 Å². The van der Waals surface area contributed by atoms with E-state index in [-0.39, 0.29) is 11.9 Å². The molecule has 0 bridgehead atoms. The molecule has 1 aliphatic rings. The topological polar surface area (TPSA) is 73.9 Å². The molecule has 2 N–H and O–H groups in total. The molecule has 28 heavy (non-hydrogen) atoms. The molecule has 1 fully saturated rings. The van der Waals surface area contributed by atoms with Crippen molar-refractivity contribution in [3.63, 3.8) is 0 Å². The highest BCUT2D eigenvalue weighted by atomic mass is 16.1. The van der Waals surface area contributed by atoms with Crippen LogP contribution in [0, 0.1) is 6.92 Å². The number of amides is 1. The molecule has 146 valence electrons. The highest BCUT2D eigenvalue weighted by molar-refractivity contribution is 6.06. The first-order chi connectivity index (χ1) is 13.7. The normalized spacial score (nSPS) is 17.1. The van der Waals surface area contributed by atoms with Gasteiger partial charge in [0.05, 0.1) is 0 Å². The number of carbonyl (C=O) groups excluding carboxylic acids is 1. The second-order valence-corrected chi connectivity index (χ2v) is 7.43. The zero-order valence-corrected chi connectivity index (χ0v) is 16.5. The van der Waals surface area contributed by atoms with Crippen LogP contribution in [0.2, 0.25) is 0 Å². The van der Waals surface area contributed by atoms with Crippen LogP contribution in [0.1, 0.15) is 48.1 Å². The molecule has 0 spiro atoms. The third-order valence-corrected chi connectivity index (χ3v) is 5.46. The molecule has 6 nitrogen and oxygen atoms in total. The Kier molecular flexibility index (Phi) is 5.28. The van der Waals surface area contributed by atoms with Crippen molar-refractivity contribution in [1.82, 2.24) is 20.3 Å². The summed E-state index contributed by atoms with van der Waals surface area (Å²) >= 11 is 0. The average molecular weight is 377 g/mol. The molecule has 1 aromatic carbocycles. The Morgan fingerprint density at radius 3 is 3.04 bits per heavy atom. The minimum absolute atomic E-state index is 0.0242. The van der Waals surface area contributed by atoms with Gasteiger partial charge in [0.15, 0.2) is 0 Å². The van der Waals surface area contributed by atoms with Crippen molar-refractivity contribution in [2.45, 2.75) is 45.6 Å². The van der Waals surface area contributed by atoms with Gasteiger partial charge in [-0.1, -0.05) is 13.0 Å². The molecular weight excluding hydrogens is 350 g/mol. The first kappa shape index (κ1) is 18.5. The van der Waals surface area contributed by atoms with Gasteiger partial charge in [-0.3, -0.25) is 4.79 Å². The maximum atomic E-state index is 12.8. The number of hydrogen-bond acceptors (Lipinski definition) is 4. The van der Waals surface area contributed by atoms with Gasteiger partial charge in [-0.25, -0.2) is 9.97 Å². The summed E-state index contributed by atoms with van der Waals surface area (Å²) < 4.78 is 0. The number of benzene rings is 1. The number of nitrogens with zero attached hydrogens (tertiary/aromatic N) is 3. The van der Waals surface area contributed by atoms with E-state index in [0.717, 1.165) is 54.0 Å². The molecule has 1 atom stereocenters. The number of aryl methyl sites for hydroxylation is 2. The molecule has 6 heteroatoms. The summed E-state index contributed by atoms with van der Waals surface area (Å²) in [7, 11) is 0. The van der Waals surface area contributed by atoms with Crippen LogP contribution in [0.15, 0.2) is 36.5 Å². The van der Waals surface area contributed by atoms with E-state index < -0.39 is 0 Å². The summed E-state index contributed by atoms with van der Waals surface area (Å²) in [5.41, 5.74) is 2.69. The van der Waals surface area contributed by atoms with E-state index in [2.05, 4.69) is 33.2 Å². The number of hydrogen-bond donors (Lipinski definition) is 2. The number of aromatic amines is 1. The van der Waals surface area contributed by atoms with Crippen molar-refractivity contribution >= 4 is 22.6 Å². The quantitative estimate of drug-likeness (QED) is 0.712. The average Bonchev–Trinajstić information content (AvgIpc) is 3.20. The first-order valence-electron chi connectivity index (χ1n) is 10.1. The van der Waals surface area contributed by atoms with E-state index in [1.807, 2.05) is 37.4 Å². The van der Waals surface area contributed by atoms with Crippen LogP contribution in [0.5, 0.6) is 0 Å². The second kappa shape index (κ2) is 8.00. The Labute approximate surface area is 165 Å². The zero-order valence-electron chi connectivity index (χ0n) is 16.5. The van der Waals surface area contributed by atoms with Crippen molar-refractivity contribution in [3.05, 3.63) is 53.6 Å². The lowest BCUT2D eigenvalue weighted by atomic mass is 10.0. The van der Waals surface area contributed by atoms with Gasteiger partial charge in [0.1, 0.15) is 11.6 Å². The molecule has 1 unspecified atom stereocenters. The largest absolute Gasteiger partial charge is 0.361 e. The van der Waals surface area contributed by atoms with Crippen LogP contribution in [0.4, 0.5) is 5.82 Å². The van der Waals surface area contributed by atoms with E-state index in [0.29, 0.717) is 12.1 Å². The number of rotatable bonds is 5. The van der Waals surface area contributed by atoms with E-state index in [1.165, 1.54) is 6.42 Å². The van der Waals surface area contributed by atoms with E-state index in [4.69, 9.17) is 4.98 Å². The van der Waals surface area contributed by atoms with Gasteiger partial charge >= 0.3 is 0 Å². The molecule has 3 aromatic rings. The molecule has 2 aromatic heterocycles. The van der Waals surface area contributed by atoms with E-state index >= 15 is 0 Å². The zero-order chi connectivity index (χ0) is 19.5. The lowest BCUT2D eigenvalue weighted by molar-refractivity contribution is 0.0951. The molecule has 0 saturated carbocycles. The fourth-order valence-corrected chi connectivity index (χ4v) is 4.02. The second-order valence-electron chi connectivity index (χ2n) is 7.43. The summed E-state index contributed by atoms with van der Waals surface area (Å²) in [5, 5.41) is 4.11. The Morgan fingerprint density at radius 2 is 2.18 bits per heavy atom. The summed E-state index contributed by atoms with van der Waals surface area (Å²) in [4.78, 5) is 27.6. The molecule has 4 rings (SSSR count). The van der Waals surface area contributed by atoms with Gasteiger partial charge < -0.3 is 15.2 Å². The molecule has 1 saturated heterocycles. The molecule has 3 heterocycles. The number of fused-ring (bicyclic) bond motifs is 1. The van der Waals surface area contributed by atoms with Crippen LogP contribution >= 0.6 is 0 Å². The minimum atomic E-state index is -0.0242. The molecular formula is C22H27N5O. The lowest BCUT2D eigenvalue weighted by Crippen LogP contribution is -2.47. The van der Waals surface area contributed by atoms with Crippen LogP contribution in [0.3, 0.4) is 0 Å². The summed E-state index contributed by atoms with van der Waals surface area (Å²) in [6.45, 7) is 5.67. The third kappa shape index (κ3) is 3.72. The van der Waals surface area contributed by atoms with Crippen molar-refractivity contribution in [2.24, 2.45) is 0 Å². The number of H-pyrrole nitrogens is 1. The van der Waals surface area contributed by atoms with Gasteiger partial charge in [-0.05, 0) is 44.4 Å². The first-order valence-corrected chi connectivity index (χ1v) is 10.1. The number of carbonyl (C=O) groups is 1. The van der Waals surface area contributed by atoms with Crippen LogP contribution in [-0.2, 0) is 6.42 Å². The standard InChI is InChI=1S/C22H27N5O/c1-3-20-25-15(2)13-21(26-20)27-12-5-4-7-16(27)14-24-22(28)18-8-6-9-19-17(18)10-11-23-19/h6,8-11,13,16,23H,3-5,7,12,14H2,1-2H3,(H,24,28). The SMILES string of the molecule is CCc1nc(C)cc(N2CCCCC2CNC(=O)c2cccc3[nH]ccc23)n1. The van der Waals surface area contributed by atoms with Gasteiger partial charge in [0.2, 0.25) is 0 Å². The van der Waals surface area contributed by atoms with Crippen molar-refractivity contribution in [2.75, 3.05) is 18.0 Å². The number of anilines is 1. The Hall–Kier alpha value is -2.89. The number of aromatic nitrogens is 3. The van der Waals surface area contributed by atoms with Crippen molar-refractivity contribution in [1.29, 1.82) is 0 Å². The maximum Gasteiger partial charge on any atom is 0.252 e. The number of nitrogens with one attached hydrogen (secondary N) is 2. The van der Waals surface area contributed by atoms with Gasteiger partial charge in [-0.2, -0.15) is 0 Å². The Bertz CT molecular complexity index is 980. The summed E-state index contributed by atoms with van der Waals surface area (Å²) in [5.74, 6) is 1.84. The maximum absolute atomic E-state index is 12.8. The summed E-state index contributed by atoms with van der Waals surface area (Å²) in [6, 6.07) is 10.0. The minimum Gasteiger partial charge on any atom is -0.361 e. The fraction of sp³-hybridized carbons (Fsp3) is 0.409. The molecule has 0 aliphatic carbocycles. The van der Waals surface area contributed by atoms with Gasteiger partial charge in [-0.15, -0.1) is 0 Å². The predicted molar refractivity (Wildman–Crippen MR) is 112 cm³/mol. The smallest absolute Gasteiger partial charge is 0.252 e. The van der Waals surface area contributed by atoms with E-state index in [1.54, 1.807) is 0 Å². The fourth-order valence-electron chi connectivity index (χ4n) is 4.02. The Balaban J connectivity index is 1.50. The molecule has 1 amide bonds. The van der Waals surface area contributed by atoms with Crippen LogP contribution in [-0.4, -0.2) is 40.0 Å². The molecule has 0 radical (unpaired) electrons. The predicted octanol–water partition coefficient (Wildman–Crippen LogP) is 3.62. The summed E-state index contributed by atoms with van der Waals surface area (Å²) in [6.07, 6.45) is 6.07. The lowest BCUT2D eigenvalue weighted by Gasteiger charge is -2.37. The van der Waals surface area contributed by atoms with Gasteiger partial charge in [0.25, 0.3) is 5.91 Å².